The predicted octanol–water partition coefficient (Wildman–Crippen LogP) is 2.28. The van der Waals surface area contributed by atoms with Crippen molar-refractivity contribution in [2.24, 2.45) is 7.05 Å². The molecule has 0 saturated heterocycles. The number of rotatable bonds is 4. The van der Waals surface area contributed by atoms with Gasteiger partial charge in [-0.2, -0.15) is 5.10 Å². The van der Waals surface area contributed by atoms with Crippen LogP contribution in [0.15, 0.2) is 47.4 Å². The number of nitrogens with one attached hydrogen (secondary N) is 3. The summed E-state index contributed by atoms with van der Waals surface area (Å²) in [4.78, 5) is 11.1. The van der Waals surface area contributed by atoms with Gasteiger partial charge in [-0.25, -0.2) is 0 Å². The van der Waals surface area contributed by atoms with Crippen LogP contribution >= 0.6 is 0 Å². The van der Waals surface area contributed by atoms with Gasteiger partial charge in [0.2, 0.25) is 0 Å². The van der Waals surface area contributed by atoms with Gasteiger partial charge in [0.05, 0.1) is 17.4 Å². The summed E-state index contributed by atoms with van der Waals surface area (Å²) in [6.45, 7) is 2.09. The second-order valence-electron chi connectivity index (χ2n) is 5.00. The van der Waals surface area contributed by atoms with Crippen molar-refractivity contribution in [2.75, 3.05) is 5.32 Å². The monoisotopic (exact) mass is 283 g/mol. The van der Waals surface area contributed by atoms with Gasteiger partial charge in [0, 0.05) is 25.0 Å². The first kappa shape index (κ1) is 13.2. The lowest BCUT2D eigenvalue weighted by molar-refractivity contribution is 0.676. The lowest BCUT2D eigenvalue weighted by Gasteiger charge is -2.15. The topological polar surface area (TPSA) is 78.5 Å². The molecule has 0 aliphatic heterocycles. The Balaban J connectivity index is 1.76. The Morgan fingerprint density at radius 1 is 1.19 bits per heavy atom. The van der Waals surface area contributed by atoms with E-state index in [9.17, 15) is 4.79 Å². The number of benzene rings is 1. The Bertz CT molecular complexity index is 781. The largest absolute Gasteiger partial charge is 0.377 e. The summed E-state index contributed by atoms with van der Waals surface area (Å²) in [5.74, 6) is 0. The molecule has 0 fully saturated rings. The molecule has 21 heavy (non-hydrogen) atoms. The molecule has 6 nitrogen and oxygen atoms in total. The van der Waals surface area contributed by atoms with E-state index in [0.717, 1.165) is 22.6 Å². The molecule has 6 heteroatoms. The van der Waals surface area contributed by atoms with E-state index in [4.69, 9.17) is 0 Å². The van der Waals surface area contributed by atoms with Crippen LogP contribution in [0.3, 0.4) is 0 Å². The Morgan fingerprint density at radius 3 is 2.52 bits per heavy atom. The zero-order chi connectivity index (χ0) is 14.8. The van der Waals surface area contributed by atoms with Crippen molar-refractivity contribution in [1.29, 1.82) is 0 Å². The molecule has 2 heterocycles. The minimum absolute atomic E-state index is 0.128. The first-order valence-corrected chi connectivity index (χ1v) is 6.76. The van der Waals surface area contributed by atoms with Crippen LogP contribution in [-0.2, 0) is 7.05 Å². The maximum Gasteiger partial charge on any atom is 0.264 e. The van der Waals surface area contributed by atoms with E-state index in [-0.39, 0.29) is 11.6 Å². The number of hydrogen-bond acceptors (Lipinski definition) is 3. The predicted molar refractivity (Wildman–Crippen MR) is 82.1 cm³/mol. The molecule has 3 aromatic rings. The van der Waals surface area contributed by atoms with Gasteiger partial charge in [-0.05, 0) is 30.7 Å². The summed E-state index contributed by atoms with van der Waals surface area (Å²) in [6.07, 6.45) is 1.79. The van der Waals surface area contributed by atoms with E-state index >= 15 is 0 Å². The molecule has 0 aliphatic rings. The van der Waals surface area contributed by atoms with Crippen LogP contribution in [-0.4, -0.2) is 20.0 Å². The summed E-state index contributed by atoms with van der Waals surface area (Å²) < 4.78 is 1.86. The molecule has 3 N–H and O–H groups in total. The van der Waals surface area contributed by atoms with Crippen molar-refractivity contribution in [3.8, 4) is 11.3 Å². The number of aryl methyl sites for hydroxylation is 1. The second-order valence-corrected chi connectivity index (χ2v) is 5.00. The van der Waals surface area contributed by atoms with Crippen LogP contribution in [0.4, 0.5) is 5.69 Å². The number of aromatic amines is 2. The lowest BCUT2D eigenvalue weighted by atomic mass is 10.1. The van der Waals surface area contributed by atoms with Crippen molar-refractivity contribution in [3.05, 3.63) is 58.6 Å². The van der Waals surface area contributed by atoms with E-state index in [1.165, 1.54) is 0 Å². The lowest BCUT2D eigenvalue weighted by Crippen LogP contribution is -2.11. The van der Waals surface area contributed by atoms with Crippen molar-refractivity contribution in [2.45, 2.75) is 13.0 Å². The molecule has 0 saturated carbocycles. The number of nitrogens with zero attached hydrogens (tertiary/aromatic N) is 2. The highest BCUT2D eigenvalue weighted by atomic mass is 16.1. The summed E-state index contributed by atoms with van der Waals surface area (Å²) in [5.41, 5.74) is 3.76. The first-order valence-electron chi connectivity index (χ1n) is 6.76. The van der Waals surface area contributed by atoms with Gasteiger partial charge >= 0.3 is 0 Å². The Morgan fingerprint density at radius 2 is 1.95 bits per heavy atom. The van der Waals surface area contributed by atoms with Crippen molar-refractivity contribution < 1.29 is 0 Å². The second kappa shape index (κ2) is 5.32. The third-order valence-corrected chi connectivity index (χ3v) is 3.48. The fraction of sp³-hybridized carbons (Fsp3) is 0.200. The Labute approximate surface area is 121 Å². The fourth-order valence-electron chi connectivity index (χ4n) is 2.37. The fourth-order valence-corrected chi connectivity index (χ4v) is 2.37. The minimum Gasteiger partial charge on any atom is -0.377 e. The Hall–Kier alpha value is -2.76. The van der Waals surface area contributed by atoms with Crippen LogP contribution in [0.2, 0.25) is 0 Å². The highest BCUT2D eigenvalue weighted by molar-refractivity contribution is 5.62. The molecule has 0 amide bonds. The third kappa shape index (κ3) is 2.74. The van der Waals surface area contributed by atoms with Gasteiger partial charge in [-0.1, -0.05) is 12.1 Å². The van der Waals surface area contributed by atoms with Crippen molar-refractivity contribution in [3.63, 3.8) is 0 Å². The molecule has 0 aliphatic carbocycles. The number of aromatic nitrogens is 4. The average Bonchev–Trinajstić information content (AvgIpc) is 3.08. The maximum absolute atomic E-state index is 11.1. The molecule has 1 aromatic carbocycles. The third-order valence-electron chi connectivity index (χ3n) is 3.48. The van der Waals surface area contributed by atoms with Crippen molar-refractivity contribution in [1.82, 2.24) is 20.0 Å². The highest BCUT2D eigenvalue weighted by Crippen LogP contribution is 2.22. The van der Waals surface area contributed by atoms with Crippen LogP contribution < -0.4 is 10.9 Å². The molecule has 0 bridgehead atoms. The number of anilines is 1. The Kier molecular flexibility index (Phi) is 3.35. The molecular weight excluding hydrogens is 266 g/mol. The van der Waals surface area contributed by atoms with Crippen LogP contribution in [0.5, 0.6) is 0 Å². The average molecular weight is 283 g/mol. The molecule has 3 rings (SSSR count). The summed E-state index contributed by atoms with van der Waals surface area (Å²) in [7, 11) is 1.93. The van der Waals surface area contributed by atoms with Gasteiger partial charge in [0.25, 0.3) is 5.56 Å². The van der Waals surface area contributed by atoms with Crippen LogP contribution in [0.25, 0.3) is 11.3 Å². The van der Waals surface area contributed by atoms with E-state index < -0.39 is 0 Å². The van der Waals surface area contributed by atoms with Crippen LogP contribution in [0, 0.1) is 0 Å². The maximum atomic E-state index is 11.1. The van der Waals surface area contributed by atoms with Gasteiger partial charge in [-0.3, -0.25) is 19.7 Å². The molecule has 108 valence electrons. The summed E-state index contributed by atoms with van der Waals surface area (Å²) in [5, 5.41) is 13.0. The molecule has 0 spiro atoms. The van der Waals surface area contributed by atoms with Gasteiger partial charge in [0.1, 0.15) is 0 Å². The van der Waals surface area contributed by atoms with Gasteiger partial charge < -0.3 is 5.32 Å². The van der Waals surface area contributed by atoms with Gasteiger partial charge in [0.15, 0.2) is 0 Å². The summed E-state index contributed by atoms with van der Waals surface area (Å²) in [6, 6.07) is 11.6. The normalized spacial score (nSPS) is 12.3. The SMILES string of the molecule is CC(Nc1ccc(-c2cc(=O)[nH][nH]2)cc1)c1ccnn1C. The number of H-pyrrole nitrogens is 2. The smallest absolute Gasteiger partial charge is 0.264 e. The van der Waals surface area contributed by atoms with E-state index in [1.54, 1.807) is 12.3 Å². The highest BCUT2D eigenvalue weighted by Gasteiger charge is 2.09. The first-order chi connectivity index (χ1) is 10.1. The molecule has 1 unspecified atom stereocenters. The standard InChI is InChI=1S/C15H17N5O/c1-10(14-7-8-16-20(14)2)17-12-5-3-11(4-6-12)13-9-15(21)19-18-13/h3-10,17H,1-2H3,(H2,18,19,21). The zero-order valence-electron chi connectivity index (χ0n) is 11.9. The van der Waals surface area contributed by atoms with E-state index in [1.807, 2.05) is 42.1 Å². The molecule has 2 aromatic heterocycles. The van der Waals surface area contributed by atoms with E-state index in [2.05, 4.69) is 27.5 Å². The van der Waals surface area contributed by atoms with Gasteiger partial charge in [-0.15, -0.1) is 0 Å². The minimum atomic E-state index is -0.128. The van der Waals surface area contributed by atoms with E-state index in [0.29, 0.717) is 0 Å². The molecule has 1 atom stereocenters. The number of hydrogen-bond donors (Lipinski definition) is 3. The summed E-state index contributed by atoms with van der Waals surface area (Å²) >= 11 is 0. The molecule has 0 radical (unpaired) electrons. The quantitative estimate of drug-likeness (QED) is 0.687. The zero-order valence-corrected chi connectivity index (χ0v) is 11.9. The van der Waals surface area contributed by atoms with Crippen molar-refractivity contribution >= 4 is 5.69 Å². The molecular formula is C15H17N5O. The van der Waals surface area contributed by atoms with Crippen LogP contribution in [0.1, 0.15) is 18.7 Å².